The molecule has 7 nitrogen and oxygen atoms in total. The molecule has 1 saturated heterocycles. The topological polar surface area (TPSA) is 81.2 Å². The molecule has 1 aliphatic rings. The van der Waals surface area contributed by atoms with E-state index in [1.54, 1.807) is 7.05 Å². The van der Waals surface area contributed by atoms with Gasteiger partial charge in [0.15, 0.2) is 0 Å². The second-order valence-corrected chi connectivity index (χ2v) is 4.91. The average molecular weight is 281 g/mol. The maximum atomic E-state index is 5.54. The van der Waals surface area contributed by atoms with Crippen molar-refractivity contribution in [2.75, 3.05) is 30.9 Å². The van der Waals surface area contributed by atoms with Crippen LogP contribution in [0, 0.1) is 0 Å². The van der Waals surface area contributed by atoms with Gasteiger partial charge in [0, 0.05) is 19.7 Å². The number of nitrogens with one attached hydrogen (secondary N) is 2. The molecule has 1 aromatic heterocycles. The van der Waals surface area contributed by atoms with Crippen LogP contribution in [-0.4, -0.2) is 47.4 Å². The summed E-state index contributed by atoms with van der Waals surface area (Å²) in [6.07, 6.45) is 3.09. The monoisotopic (exact) mass is 281 g/mol. The molecule has 1 fully saturated rings. The van der Waals surface area contributed by atoms with Gasteiger partial charge < -0.3 is 20.1 Å². The van der Waals surface area contributed by atoms with E-state index in [-0.39, 0.29) is 6.10 Å². The van der Waals surface area contributed by atoms with Gasteiger partial charge in [-0.25, -0.2) is 0 Å². The average Bonchev–Trinajstić information content (AvgIpc) is 2.45. The van der Waals surface area contributed by atoms with Crippen LogP contribution in [0.25, 0.3) is 0 Å². The molecule has 112 valence electrons. The Morgan fingerprint density at radius 3 is 2.80 bits per heavy atom. The Hall–Kier alpha value is -1.63. The predicted octanol–water partition coefficient (Wildman–Crippen LogP) is 1.68. The molecule has 1 aliphatic heterocycles. The molecular weight excluding hydrogens is 258 g/mol. The van der Waals surface area contributed by atoms with E-state index in [1.165, 1.54) is 0 Å². The fourth-order valence-electron chi connectivity index (χ4n) is 2.10. The second-order valence-electron chi connectivity index (χ2n) is 4.91. The molecule has 2 atom stereocenters. The van der Waals surface area contributed by atoms with Gasteiger partial charge in [-0.2, -0.15) is 15.0 Å². The van der Waals surface area contributed by atoms with Crippen LogP contribution in [0.2, 0.25) is 0 Å². The first-order chi connectivity index (χ1) is 9.71. The highest BCUT2D eigenvalue weighted by Crippen LogP contribution is 2.18. The molecule has 2 rings (SSSR count). The van der Waals surface area contributed by atoms with Crippen molar-refractivity contribution in [2.24, 2.45) is 0 Å². The highest BCUT2D eigenvalue weighted by molar-refractivity contribution is 5.36. The highest BCUT2D eigenvalue weighted by Gasteiger charge is 2.20. The Bertz CT molecular complexity index is 429. The van der Waals surface area contributed by atoms with Crippen molar-refractivity contribution in [3.05, 3.63) is 0 Å². The van der Waals surface area contributed by atoms with Gasteiger partial charge in [-0.1, -0.05) is 6.92 Å². The summed E-state index contributed by atoms with van der Waals surface area (Å²) in [5.41, 5.74) is 0. The molecule has 0 aromatic carbocycles. The summed E-state index contributed by atoms with van der Waals surface area (Å²) >= 11 is 0. The third-order valence-corrected chi connectivity index (χ3v) is 3.09. The van der Waals surface area contributed by atoms with Crippen molar-refractivity contribution < 1.29 is 9.47 Å². The molecule has 2 heterocycles. The van der Waals surface area contributed by atoms with Crippen LogP contribution in [0.4, 0.5) is 11.9 Å². The van der Waals surface area contributed by atoms with Crippen molar-refractivity contribution >= 4 is 11.9 Å². The zero-order valence-corrected chi connectivity index (χ0v) is 12.3. The van der Waals surface area contributed by atoms with Crippen LogP contribution in [0.3, 0.4) is 0 Å². The van der Waals surface area contributed by atoms with Crippen LogP contribution in [-0.2, 0) is 4.74 Å². The fourth-order valence-corrected chi connectivity index (χ4v) is 2.10. The predicted molar refractivity (Wildman–Crippen MR) is 77.2 cm³/mol. The molecule has 20 heavy (non-hydrogen) atoms. The largest absolute Gasteiger partial charge is 0.463 e. The van der Waals surface area contributed by atoms with Gasteiger partial charge in [-0.05, 0) is 26.2 Å². The number of anilines is 2. The first kappa shape index (κ1) is 14.8. The van der Waals surface area contributed by atoms with Gasteiger partial charge in [0.2, 0.25) is 11.9 Å². The summed E-state index contributed by atoms with van der Waals surface area (Å²) in [5.74, 6) is 1.06. The lowest BCUT2D eigenvalue weighted by molar-refractivity contribution is 0.0231. The summed E-state index contributed by atoms with van der Waals surface area (Å²) in [5, 5.41) is 6.26. The number of rotatable bonds is 6. The van der Waals surface area contributed by atoms with Crippen molar-refractivity contribution in [3.63, 3.8) is 0 Å². The van der Waals surface area contributed by atoms with Gasteiger partial charge in [0.05, 0.1) is 12.7 Å². The first-order valence-corrected chi connectivity index (χ1v) is 7.16. The standard InChI is InChI=1S/C13H23N5O2/c1-4-6-20-13-17-11(14-3)16-12(18-13)15-10-5-7-19-9(2)8-10/h9-10H,4-8H2,1-3H3,(H2,14,15,16,17,18). The molecule has 0 amide bonds. The van der Waals surface area contributed by atoms with Gasteiger partial charge in [-0.15, -0.1) is 0 Å². The maximum absolute atomic E-state index is 5.54. The molecule has 0 radical (unpaired) electrons. The summed E-state index contributed by atoms with van der Waals surface area (Å²) in [4.78, 5) is 12.8. The lowest BCUT2D eigenvalue weighted by Crippen LogP contribution is -2.33. The first-order valence-electron chi connectivity index (χ1n) is 7.16. The molecule has 0 saturated carbocycles. The summed E-state index contributed by atoms with van der Waals surface area (Å²) < 4.78 is 11.0. The zero-order valence-electron chi connectivity index (χ0n) is 12.3. The van der Waals surface area contributed by atoms with Crippen molar-refractivity contribution in [1.29, 1.82) is 0 Å². The molecule has 2 N–H and O–H groups in total. The van der Waals surface area contributed by atoms with E-state index < -0.39 is 0 Å². The van der Waals surface area contributed by atoms with E-state index in [9.17, 15) is 0 Å². The number of ether oxygens (including phenoxy) is 2. The number of hydrogen-bond donors (Lipinski definition) is 2. The molecule has 7 heteroatoms. The minimum absolute atomic E-state index is 0.266. The fraction of sp³-hybridized carbons (Fsp3) is 0.769. The molecule has 2 unspecified atom stereocenters. The van der Waals surface area contributed by atoms with E-state index in [2.05, 4.69) is 32.5 Å². The van der Waals surface area contributed by atoms with Gasteiger partial charge in [0.1, 0.15) is 0 Å². The summed E-state index contributed by atoms with van der Waals surface area (Å²) in [6.45, 7) is 5.49. The van der Waals surface area contributed by atoms with Crippen molar-refractivity contribution in [2.45, 2.75) is 45.3 Å². The Morgan fingerprint density at radius 1 is 1.30 bits per heavy atom. The van der Waals surface area contributed by atoms with Gasteiger partial charge in [0.25, 0.3) is 0 Å². The van der Waals surface area contributed by atoms with E-state index in [4.69, 9.17) is 9.47 Å². The lowest BCUT2D eigenvalue weighted by atomic mass is 10.0. The number of aromatic nitrogens is 3. The van der Waals surface area contributed by atoms with Crippen LogP contribution in [0.1, 0.15) is 33.1 Å². The van der Waals surface area contributed by atoms with Gasteiger partial charge in [-0.3, -0.25) is 0 Å². The van der Waals surface area contributed by atoms with E-state index >= 15 is 0 Å². The normalized spacial score (nSPS) is 22.4. The number of hydrogen-bond acceptors (Lipinski definition) is 7. The van der Waals surface area contributed by atoms with E-state index in [0.29, 0.717) is 30.6 Å². The number of nitrogens with zero attached hydrogens (tertiary/aromatic N) is 3. The molecule has 1 aromatic rings. The highest BCUT2D eigenvalue weighted by atomic mass is 16.5. The lowest BCUT2D eigenvalue weighted by Gasteiger charge is -2.27. The second kappa shape index (κ2) is 7.23. The Balaban J connectivity index is 2.05. The maximum Gasteiger partial charge on any atom is 0.323 e. The van der Waals surface area contributed by atoms with Gasteiger partial charge >= 0.3 is 6.01 Å². The molecule has 0 aliphatic carbocycles. The minimum atomic E-state index is 0.266. The van der Waals surface area contributed by atoms with E-state index in [1.807, 2.05) is 6.92 Å². The van der Waals surface area contributed by atoms with Crippen molar-refractivity contribution in [1.82, 2.24) is 15.0 Å². The Labute approximate surface area is 119 Å². The van der Waals surface area contributed by atoms with E-state index in [0.717, 1.165) is 25.9 Å². The molecule has 0 bridgehead atoms. The Morgan fingerprint density at radius 2 is 2.10 bits per heavy atom. The minimum Gasteiger partial charge on any atom is -0.463 e. The Kier molecular flexibility index (Phi) is 5.34. The SMILES string of the molecule is CCCOc1nc(NC)nc(NC2CCOC(C)C2)n1. The smallest absolute Gasteiger partial charge is 0.323 e. The molecule has 0 spiro atoms. The zero-order chi connectivity index (χ0) is 14.4. The van der Waals surface area contributed by atoms with Crippen LogP contribution >= 0.6 is 0 Å². The van der Waals surface area contributed by atoms with Crippen LogP contribution in [0.5, 0.6) is 6.01 Å². The summed E-state index contributed by atoms with van der Waals surface area (Å²) in [7, 11) is 1.78. The third kappa shape index (κ3) is 4.19. The quantitative estimate of drug-likeness (QED) is 0.821. The molecular formula is C13H23N5O2. The van der Waals surface area contributed by atoms with Crippen molar-refractivity contribution in [3.8, 4) is 6.01 Å². The van der Waals surface area contributed by atoms with Crippen LogP contribution < -0.4 is 15.4 Å². The third-order valence-electron chi connectivity index (χ3n) is 3.09. The van der Waals surface area contributed by atoms with Crippen LogP contribution in [0.15, 0.2) is 0 Å². The summed E-state index contributed by atoms with van der Waals surface area (Å²) in [6, 6.07) is 0.679.